The minimum absolute atomic E-state index is 0. The highest BCUT2D eigenvalue weighted by molar-refractivity contribution is 7.99. The SMILES string of the molecule is Cl.NCCCc1cccc2c1Nc1ccccc1S2. The van der Waals surface area contributed by atoms with E-state index >= 15 is 0 Å². The van der Waals surface area contributed by atoms with Gasteiger partial charge in [-0.2, -0.15) is 0 Å². The molecular formula is C15H17ClN2S. The molecule has 1 aliphatic heterocycles. The standard InChI is InChI=1S/C15H16N2S.ClH/c16-10-4-6-11-5-3-9-14-15(11)17-12-7-1-2-8-13(12)18-14;/h1-3,5,7-9,17H,4,6,10,16H2;1H. The van der Waals surface area contributed by atoms with Gasteiger partial charge in [0.25, 0.3) is 0 Å². The molecule has 0 radical (unpaired) electrons. The molecule has 0 saturated heterocycles. The van der Waals surface area contributed by atoms with Crippen LogP contribution in [0.3, 0.4) is 0 Å². The molecule has 100 valence electrons. The third-order valence-corrected chi connectivity index (χ3v) is 4.27. The maximum absolute atomic E-state index is 5.60. The summed E-state index contributed by atoms with van der Waals surface area (Å²) in [6.45, 7) is 0.743. The lowest BCUT2D eigenvalue weighted by molar-refractivity contribution is 0.832. The Morgan fingerprint density at radius 3 is 2.63 bits per heavy atom. The molecule has 0 bridgehead atoms. The number of hydrogen-bond donors (Lipinski definition) is 2. The molecule has 2 nitrogen and oxygen atoms in total. The Morgan fingerprint density at radius 2 is 1.79 bits per heavy atom. The van der Waals surface area contributed by atoms with Gasteiger partial charge in [-0.25, -0.2) is 0 Å². The second kappa shape index (κ2) is 6.33. The van der Waals surface area contributed by atoms with Crippen molar-refractivity contribution in [3.05, 3.63) is 48.0 Å². The Balaban J connectivity index is 0.00000133. The predicted octanol–water partition coefficient (Wildman–Crippen LogP) is 4.21. The van der Waals surface area contributed by atoms with Crippen molar-refractivity contribution < 1.29 is 0 Å². The van der Waals surface area contributed by atoms with E-state index in [1.165, 1.54) is 26.7 Å². The normalized spacial score (nSPS) is 11.8. The van der Waals surface area contributed by atoms with Crippen LogP contribution in [0, 0.1) is 0 Å². The van der Waals surface area contributed by atoms with Crippen LogP contribution in [-0.2, 0) is 6.42 Å². The van der Waals surface area contributed by atoms with Gasteiger partial charge in [-0.1, -0.05) is 36.0 Å². The molecular weight excluding hydrogens is 276 g/mol. The van der Waals surface area contributed by atoms with Gasteiger partial charge in [0.2, 0.25) is 0 Å². The van der Waals surface area contributed by atoms with Crippen LogP contribution < -0.4 is 11.1 Å². The highest BCUT2D eigenvalue weighted by Crippen LogP contribution is 2.45. The van der Waals surface area contributed by atoms with Crippen LogP contribution in [0.25, 0.3) is 0 Å². The summed E-state index contributed by atoms with van der Waals surface area (Å²) in [7, 11) is 0. The zero-order valence-electron chi connectivity index (χ0n) is 10.6. The lowest BCUT2D eigenvalue weighted by atomic mass is 10.1. The summed E-state index contributed by atoms with van der Waals surface area (Å²) in [5, 5.41) is 3.56. The van der Waals surface area contributed by atoms with Gasteiger partial charge in [0, 0.05) is 9.79 Å². The summed E-state index contributed by atoms with van der Waals surface area (Å²) in [6.07, 6.45) is 2.07. The number of hydrogen-bond acceptors (Lipinski definition) is 3. The number of nitrogens with one attached hydrogen (secondary N) is 1. The van der Waals surface area contributed by atoms with Gasteiger partial charge in [0.1, 0.15) is 0 Å². The molecule has 2 aromatic carbocycles. The van der Waals surface area contributed by atoms with Crippen molar-refractivity contribution in [1.29, 1.82) is 0 Å². The van der Waals surface area contributed by atoms with Crippen LogP contribution in [0.15, 0.2) is 52.3 Å². The summed E-state index contributed by atoms with van der Waals surface area (Å²) >= 11 is 1.84. The molecule has 0 aromatic heterocycles. The van der Waals surface area contributed by atoms with E-state index in [4.69, 9.17) is 5.73 Å². The third kappa shape index (κ3) is 2.89. The summed E-state index contributed by atoms with van der Waals surface area (Å²) in [5.41, 5.74) is 9.43. The first-order chi connectivity index (χ1) is 8.88. The summed E-state index contributed by atoms with van der Waals surface area (Å²) < 4.78 is 0. The highest BCUT2D eigenvalue weighted by atomic mass is 35.5. The molecule has 2 aromatic rings. The van der Waals surface area contributed by atoms with Gasteiger partial charge >= 0.3 is 0 Å². The second-order valence-corrected chi connectivity index (χ2v) is 5.49. The van der Waals surface area contributed by atoms with Gasteiger partial charge in [0.05, 0.1) is 11.4 Å². The maximum atomic E-state index is 5.60. The molecule has 0 spiro atoms. The average molecular weight is 293 g/mol. The third-order valence-electron chi connectivity index (χ3n) is 3.13. The first kappa shape index (κ1) is 14.3. The predicted molar refractivity (Wildman–Crippen MR) is 84.9 cm³/mol. The molecule has 1 heterocycles. The number of nitrogens with two attached hydrogens (primary N) is 1. The van der Waals surface area contributed by atoms with Gasteiger partial charge in [-0.15, -0.1) is 12.4 Å². The molecule has 0 amide bonds. The maximum Gasteiger partial charge on any atom is 0.0558 e. The van der Waals surface area contributed by atoms with Crippen LogP contribution in [0.2, 0.25) is 0 Å². The van der Waals surface area contributed by atoms with Crippen LogP contribution in [0.1, 0.15) is 12.0 Å². The Morgan fingerprint density at radius 1 is 1.00 bits per heavy atom. The Hall–Kier alpha value is -1.16. The number of aryl methyl sites for hydroxylation is 1. The Bertz CT molecular complexity index is 572. The quantitative estimate of drug-likeness (QED) is 0.759. The zero-order chi connectivity index (χ0) is 12.4. The largest absolute Gasteiger partial charge is 0.353 e. The fourth-order valence-corrected chi connectivity index (χ4v) is 3.26. The minimum Gasteiger partial charge on any atom is -0.353 e. The van der Waals surface area contributed by atoms with E-state index in [0.717, 1.165) is 19.4 Å². The topological polar surface area (TPSA) is 38.0 Å². The number of halogens is 1. The molecule has 19 heavy (non-hydrogen) atoms. The lowest BCUT2D eigenvalue weighted by Crippen LogP contribution is -2.05. The molecule has 0 unspecified atom stereocenters. The smallest absolute Gasteiger partial charge is 0.0558 e. The summed E-state index contributed by atoms with van der Waals surface area (Å²) in [6, 6.07) is 14.9. The van der Waals surface area contributed by atoms with E-state index in [0.29, 0.717) is 0 Å². The minimum atomic E-state index is 0. The van der Waals surface area contributed by atoms with E-state index in [1.54, 1.807) is 0 Å². The van der Waals surface area contributed by atoms with E-state index in [-0.39, 0.29) is 12.4 Å². The van der Waals surface area contributed by atoms with Gasteiger partial charge < -0.3 is 11.1 Å². The van der Waals surface area contributed by atoms with E-state index in [1.807, 2.05) is 11.8 Å². The van der Waals surface area contributed by atoms with E-state index < -0.39 is 0 Å². The van der Waals surface area contributed by atoms with Crippen molar-refractivity contribution in [3.8, 4) is 0 Å². The molecule has 0 atom stereocenters. The molecule has 3 N–H and O–H groups in total. The van der Waals surface area contributed by atoms with Crippen molar-refractivity contribution in [1.82, 2.24) is 0 Å². The Kier molecular flexibility index (Phi) is 4.75. The lowest BCUT2D eigenvalue weighted by Gasteiger charge is -2.23. The number of benzene rings is 2. The number of rotatable bonds is 3. The molecule has 0 fully saturated rings. The van der Waals surface area contributed by atoms with Gasteiger partial charge in [0.15, 0.2) is 0 Å². The molecule has 4 heteroatoms. The van der Waals surface area contributed by atoms with Crippen LogP contribution in [0.4, 0.5) is 11.4 Å². The number of para-hydroxylation sites is 2. The highest BCUT2D eigenvalue weighted by Gasteiger charge is 2.17. The van der Waals surface area contributed by atoms with Crippen molar-refractivity contribution >= 4 is 35.5 Å². The van der Waals surface area contributed by atoms with Crippen molar-refractivity contribution in [2.24, 2.45) is 5.73 Å². The number of anilines is 2. The van der Waals surface area contributed by atoms with Crippen LogP contribution in [-0.4, -0.2) is 6.54 Å². The van der Waals surface area contributed by atoms with E-state index in [9.17, 15) is 0 Å². The van der Waals surface area contributed by atoms with Crippen molar-refractivity contribution in [2.45, 2.75) is 22.6 Å². The fourth-order valence-electron chi connectivity index (χ4n) is 2.22. The molecule has 0 saturated carbocycles. The van der Waals surface area contributed by atoms with Crippen molar-refractivity contribution in [3.63, 3.8) is 0 Å². The van der Waals surface area contributed by atoms with Crippen LogP contribution in [0.5, 0.6) is 0 Å². The Labute approximate surface area is 124 Å². The average Bonchev–Trinajstić information content (AvgIpc) is 2.43. The monoisotopic (exact) mass is 292 g/mol. The van der Waals surface area contributed by atoms with Gasteiger partial charge in [-0.3, -0.25) is 0 Å². The zero-order valence-corrected chi connectivity index (χ0v) is 12.2. The van der Waals surface area contributed by atoms with Crippen molar-refractivity contribution in [2.75, 3.05) is 11.9 Å². The van der Waals surface area contributed by atoms with E-state index in [2.05, 4.69) is 47.8 Å². The summed E-state index contributed by atoms with van der Waals surface area (Å²) in [5.74, 6) is 0. The second-order valence-electron chi connectivity index (χ2n) is 4.41. The first-order valence-corrected chi connectivity index (χ1v) is 7.06. The molecule has 3 rings (SSSR count). The first-order valence-electron chi connectivity index (χ1n) is 6.24. The summed E-state index contributed by atoms with van der Waals surface area (Å²) in [4.78, 5) is 2.60. The molecule has 0 aliphatic carbocycles. The number of fused-ring (bicyclic) bond motifs is 2. The van der Waals surface area contributed by atoms with Crippen LogP contribution >= 0.6 is 24.2 Å². The molecule has 1 aliphatic rings. The van der Waals surface area contributed by atoms with Gasteiger partial charge in [-0.05, 0) is 43.1 Å². The fraction of sp³-hybridized carbons (Fsp3) is 0.200.